The highest BCUT2D eigenvalue weighted by atomic mass is 32.2. The van der Waals surface area contributed by atoms with Gasteiger partial charge in [-0.3, -0.25) is 4.72 Å². The third-order valence-electron chi connectivity index (χ3n) is 2.43. The third-order valence-corrected chi connectivity index (χ3v) is 5.77. The van der Waals surface area contributed by atoms with E-state index in [1.165, 1.54) is 6.07 Å². The Hall–Kier alpha value is -1.64. The summed E-state index contributed by atoms with van der Waals surface area (Å²) in [4.78, 5) is 0.746. The molecule has 0 aliphatic carbocycles. The van der Waals surface area contributed by atoms with E-state index in [1.807, 2.05) is 0 Å². The van der Waals surface area contributed by atoms with Crippen LogP contribution in [0, 0.1) is 0 Å². The molecule has 2 aromatic rings. The van der Waals surface area contributed by atoms with E-state index in [-0.39, 0.29) is 9.20 Å². The summed E-state index contributed by atoms with van der Waals surface area (Å²) in [5, 5.41) is 0. The zero-order valence-corrected chi connectivity index (χ0v) is 12.9. The molecule has 0 unspecified atom stereocenters. The van der Waals surface area contributed by atoms with Gasteiger partial charge in [0.15, 0.2) is 0 Å². The summed E-state index contributed by atoms with van der Waals surface area (Å²) in [5.41, 5.74) is 5.92. The van der Waals surface area contributed by atoms with Gasteiger partial charge in [-0.15, -0.1) is 11.3 Å². The maximum absolute atomic E-state index is 12.2. The van der Waals surface area contributed by atoms with Gasteiger partial charge >= 0.3 is 0 Å². The molecule has 0 aliphatic rings. The van der Waals surface area contributed by atoms with Crippen LogP contribution in [0.2, 0.25) is 0 Å². The minimum Gasteiger partial charge on any atom is -0.497 e. The largest absolute Gasteiger partial charge is 0.497 e. The molecule has 5 nitrogen and oxygen atoms in total. The van der Waals surface area contributed by atoms with Crippen molar-refractivity contribution in [1.82, 2.24) is 0 Å². The molecule has 0 aliphatic heterocycles. The predicted molar refractivity (Wildman–Crippen MR) is 84.0 cm³/mol. The highest BCUT2D eigenvalue weighted by molar-refractivity contribution is 7.94. The van der Waals surface area contributed by atoms with Gasteiger partial charge in [0.2, 0.25) is 0 Å². The second-order valence-corrected chi connectivity index (χ2v) is 7.25. The Morgan fingerprint density at radius 1 is 1.25 bits per heavy atom. The molecule has 0 spiro atoms. The van der Waals surface area contributed by atoms with Crippen LogP contribution in [0.5, 0.6) is 5.75 Å². The van der Waals surface area contributed by atoms with E-state index in [0.29, 0.717) is 16.3 Å². The molecule has 106 valence electrons. The molecule has 0 atom stereocenters. The maximum Gasteiger partial charge on any atom is 0.271 e. The van der Waals surface area contributed by atoms with Crippen LogP contribution in [0.1, 0.15) is 4.88 Å². The lowest BCUT2D eigenvalue weighted by molar-refractivity contribution is 0.415. The summed E-state index contributed by atoms with van der Waals surface area (Å²) in [6, 6.07) is 9.66. The maximum atomic E-state index is 12.2. The minimum absolute atomic E-state index is 0.163. The van der Waals surface area contributed by atoms with Crippen LogP contribution in [0.4, 0.5) is 5.69 Å². The Kier molecular flexibility index (Phi) is 4.26. The first-order valence-corrected chi connectivity index (χ1v) is 8.19. The summed E-state index contributed by atoms with van der Waals surface area (Å²) in [5.74, 6) is 0.653. The van der Waals surface area contributed by atoms with Crippen molar-refractivity contribution in [3.8, 4) is 5.75 Å². The van der Waals surface area contributed by atoms with Crippen molar-refractivity contribution in [2.45, 2.75) is 4.21 Å². The molecule has 1 aromatic carbocycles. The minimum atomic E-state index is -3.63. The van der Waals surface area contributed by atoms with E-state index in [1.54, 1.807) is 37.4 Å². The van der Waals surface area contributed by atoms with Gasteiger partial charge in [-0.2, -0.15) is 0 Å². The molecule has 3 N–H and O–H groups in total. The van der Waals surface area contributed by atoms with Gasteiger partial charge in [0.25, 0.3) is 10.0 Å². The first kappa shape index (κ1) is 14.8. The van der Waals surface area contributed by atoms with Gasteiger partial charge < -0.3 is 10.5 Å². The molecule has 0 radical (unpaired) electrons. The van der Waals surface area contributed by atoms with E-state index >= 15 is 0 Å². The second-order valence-electron chi connectivity index (χ2n) is 3.82. The van der Waals surface area contributed by atoms with E-state index in [9.17, 15) is 8.42 Å². The average Bonchev–Trinajstić information content (AvgIpc) is 2.90. The fraction of sp³-hybridized carbons (Fsp3) is 0.0833. The Bertz CT molecular complexity index is 721. The Morgan fingerprint density at radius 3 is 2.40 bits per heavy atom. The lowest BCUT2D eigenvalue weighted by Crippen LogP contribution is -2.11. The Labute approximate surface area is 126 Å². The standard InChI is InChI=1S/C12H12N2O3S3/c1-17-9-4-2-8(3-5-9)14-20(15,16)11-7-6-10(19-11)12(13)18/h2-7,14H,1H3,(H2,13,18). The number of hydrogen-bond donors (Lipinski definition) is 2. The van der Waals surface area contributed by atoms with Crippen LogP contribution < -0.4 is 15.2 Å². The molecular weight excluding hydrogens is 316 g/mol. The fourth-order valence-electron chi connectivity index (χ4n) is 1.46. The highest BCUT2D eigenvalue weighted by Crippen LogP contribution is 2.24. The van der Waals surface area contributed by atoms with Crippen molar-refractivity contribution >= 4 is 44.3 Å². The van der Waals surface area contributed by atoms with Gasteiger partial charge in [0, 0.05) is 5.69 Å². The SMILES string of the molecule is COc1ccc(NS(=O)(=O)c2ccc(C(N)=S)s2)cc1. The number of anilines is 1. The number of thiocarbonyl (C=S) groups is 1. The fourth-order valence-corrected chi connectivity index (χ4v) is 3.87. The number of methoxy groups -OCH3 is 1. The first-order valence-electron chi connectivity index (χ1n) is 5.49. The number of benzene rings is 1. The summed E-state index contributed by atoms with van der Waals surface area (Å²) < 4.78 is 32.0. The Morgan fingerprint density at radius 2 is 1.90 bits per heavy atom. The number of rotatable bonds is 5. The van der Waals surface area contributed by atoms with Crippen molar-refractivity contribution in [1.29, 1.82) is 0 Å². The van der Waals surface area contributed by atoms with Crippen molar-refractivity contribution in [3.63, 3.8) is 0 Å². The van der Waals surface area contributed by atoms with Crippen molar-refractivity contribution in [2.24, 2.45) is 5.73 Å². The van der Waals surface area contributed by atoms with Crippen LogP contribution in [-0.4, -0.2) is 20.5 Å². The van der Waals surface area contributed by atoms with Gasteiger partial charge in [0.05, 0.1) is 12.0 Å². The summed E-state index contributed by atoms with van der Waals surface area (Å²) >= 11 is 5.85. The van der Waals surface area contributed by atoms with E-state index in [4.69, 9.17) is 22.7 Å². The summed E-state index contributed by atoms with van der Waals surface area (Å²) in [6.07, 6.45) is 0. The number of thiophene rings is 1. The predicted octanol–water partition coefficient (Wildman–Crippen LogP) is 2.19. The molecule has 0 saturated heterocycles. The molecule has 0 amide bonds. The van der Waals surface area contributed by atoms with Crippen LogP contribution >= 0.6 is 23.6 Å². The topological polar surface area (TPSA) is 81.4 Å². The number of hydrogen-bond acceptors (Lipinski definition) is 5. The molecule has 2 rings (SSSR count). The molecule has 1 heterocycles. The molecular formula is C12H12N2O3S3. The zero-order valence-electron chi connectivity index (χ0n) is 10.5. The van der Waals surface area contributed by atoms with E-state index in [0.717, 1.165) is 11.3 Å². The van der Waals surface area contributed by atoms with Crippen molar-refractivity contribution < 1.29 is 13.2 Å². The van der Waals surface area contributed by atoms with Crippen LogP contribution in [0.3, 0.4) is 0 Å². The Balaban J connectivity index is 2.23. The summed E-state index contributed by atoms with van der Waals surface area (Å²) in [6.45, 7) is 0. The lowest BCUT2D eigenvalue weighted by atomic mass is 10.3. The van der Waals surface area contributed by atoms with E-state index < -0.39 is 10.0 Å². The molecule has 0 fully saturated rings. The molecule has 0 saturated carbocycles. The van der Waals surface area contributed by atoms with Crippen LogP contribution in [0.15, 0.2) is 40.6 Å². The van der Waals surface area contributed by atoms with Crippen molar-refractivity contribution in [2.75, 3.05) is 11.8 Å². The van der Waals surface area contributed by atoms with Crippen LogP contribution in [-0.2, 0) is 10.0 Å². The number of nitrogens with two attached hydrogens (primary N) is 1. The monoisotopic (exact) mass is 328 g/mol. The molecule has 20 heavy (non-hydrogen) atoms. The normalized spacial score (nSPS) is 11.1. The number of ether oxygens (including phenoxy) is 1. The van der Waals surface area contributed by atoms with Gasteiger partial charge in [-0.05, 0) is 36.4 Å². The number of nitrogens with one attached hydrogen (secondary N) is 1. The van der Waals surface area contributed by atoms with E-state index in [2.05, 4.69) is 4.72 Å². The van der Waals surface area contributed by atoms with Crippen LogP contribution in [0.25, 0.3) is 0 Å². The lowest BCUT2D eigenvalue weighted by Gasteiger charge is -2.06. The molecule has 8 heteroatoms. The van der Waals surface area contributed by atoms with Crippen molar-refractivity contribution in [3.05, 3.63) is 41.3 Å². The summed E-state index contributed by atoms with van der Waals surface area (Å²) in [7, 11) is -2.09. The first-order chi connectivity index (χ1) is 9.42. The quantitative estimate of drug-likeness (QED) is 0.822. The second kappa shape index (κ2) is 5.78. The number of sulfonamides is 1. The highest BCUT2D eigenvalue weighted by Gasteiger charge is 2.17. The molecule has 1 aromatic heterocycles. The zero-order chi connectivity index (χ0) is 14.8. The average molecular weight is 328 g/mol. The molecule has 0 bridgehead atoms. The van der Waals surface area contributed by atoms with Gasteiger partial charge in [0.1, 0.15) is 14.9 Å². The third kappa shape index (κ3) is 3.27. The van der Waals surface area contributed by atoms with Gasteiger partial charge in [-0.1, -0.05) is 12.2 Å². The smallest absolute Gasteiger partial charge is 0.271 e. The van der Waals surface area contributed by atoms with Gasteiger partial charge in [-0.25, -0.2) is 8.42 Å².